The van der Waals surface area contributed by atoms with E-state index in [0.717, 1.165) is 5.56 Å². The van der Waals surface area contributed by atoms with Gasteiger partial charge in [0, 0.05) is 5.92 Å². The number of ketones is 1. The summed E-state index contributed by atoms with van der Waals surface area (Å²) in [5.74, 6) is -0.276. The van der Waals surface area contributed by atoms with Gasteiger partial charge in [-0.3, -0.25) is 9.59 Å². The summed E-state index contributed by atoms with van der Waals surface area (Å²) in [7, 11) is 0. The highest BCUT2D eigenvalue weighted by molar-refractivity contribution is 6.09. The largest absolute Gasteiger partial charge is 0.298 e. The first-order valence-electron chi connectivity index (χ1n) is 7.50. The summed E-state index contributed by atoms with van der Waals surface area (Å²) < 4.78 is 0. The third-order valence-electron chi connectivity index (χ3n) is 4.36. The Labute approximate surface area is 125 Å². The number of benzene rings is 1. The molecule has 0 radical (unpaired) electrons. The van der Waals surface area contributed by atoms with Crippen LogP contribution < -0.4 is 0 Å². The Balaban J connectivity index is 2.27. The van der Waals surface area contributed by atoms with Gasteiger partial charge in [0.05, 0.1) is 12.8 Å². The van der Waals surface area contributed by atoms with E-state index in [1.807, 2.05) is 51.1 Å². The van der Waals surface area contributed by atoms with Crippen LogP contribution in [0.3, 0.4) is 0 Å². The van der Waals surface area contributed by atoms with Crippen molar-refractivity contribution in [3.63, 3.8) is 0 Å². The second-order valence-corrected chi connectivity index (χ2v) is 5.60. The molecular formula is C17H22N2O2. The monoisotopic (exact) mass is 286 g/mol. The third-order valence-corrected chi connectivity index (χ3v) is 4.36. The van der Waals surface area contributed by atoms with Crippen molar-refractivity contribution in [2.45, 2.75) is 33.6 Å². The van der Waals surface area contributed by atoms with Crippen LogP contribution in [0.15, 0.2) is 35.4 Å². The van der Waals surface area contributed by atoms with Crippen molar-refractivity contribution in [2.75, 3.05) is 6.54 Å². The van der Waals surface area contributed by atoms with Crippen molar-refractivity contribution in [3.8, 4) is 0 Å². The van der Waals surface area contributed by atoms with E-state index >= 15 is 0 Å². The Kier molecular flexibility index (Phi) is 4.56. The lowest BCUT2D eigenvalue weighted by Crippen LogP contribution is -2.55. The van der Waals surface area contributed by atoms with Gasteiger partial charge in [0.1, 0.15) is 5.41 Å². The zero-order chi connectivity index (χ0) is 15.5. The van der Waals surface area contributed by atoms with Crippen LogP contribution in [-0.2, 0) is 9.59 Å². The van der Waals surface area contributed by atoms with Crippen LogP contribution in [0.25, 0.3) is 0 Å². The van der Waals surface area contributed by atoms with Crippen molar-refractivity contribution < 1.29 is 9.59 Å². The van der Waals surface area contributed by atoms with Gasteiger partial charge in [-0.25, -0.2) is 5.01 Å². The highest BCUT2D eigenvalue weighted by Gasteiger charge is 2.50. The van der Waals surface area contributed by atoms with Crippen molar-refractivity contribution in [1.82, 2.24) is 5.01 Å². The van der Waals surface area contributed by atoms with Gasteiger partial charge in [0.15, 0.2) is 5.78 Å². The minimum absolute atomic E-state index is 0.0589. The zero-order valence-electron chi connectivity index (χ0n) is 12.9. The lowest BCUT2D eigenvalue weighted by atomic mass is 9.71. The molecule has 1 saturated heterocycles. The van der Waals surface area contributed by atoms with E-state index < -0.39 is 5.41 Å². The van der Waals surface area contributed by atoms with Crippen LogP contribution in [0.4, 0.5) is 0 Å². The predicted octanol–water partition coefficient (Wildman–Crippen LogP) is 2.87. The quantitative estimate of drug-likeness (QED) is 0.631. The Bertz CT molecular complexity index is 547. The third kappa shape index (κ3) is 2.75. The summed E-state index contributed by atoms with van der Waals surface area (Å²) in [6, 6.07) is 9.64. The molecule has 1 heterocycles. The van der Waals surface area contributed by atoms with Gasteiger partial charge >= 0.3 is 0 Å². The summed E-state index contributed by atoms with van der Waals surface area (Å²) in [5.41, 5.74) is 0.0413. The number of hydrazone groups is 1. The number of piperidine rings is 1. The van der Waals surface area contributed by atoms with E-state index in [4.69, 9.17) is 0 Å². The van der Waals surface area contributed by atoms with E-state index in [1.54, 1.807) is 6.21 Å². The Morgan fingerprint density at radius 2 is 1.86 bits per heavy atom. The normalized spacial score (nSPS) is 22.0. The van der Waals surface area contributed by atoms with Crippen LogP contribution >= 0.6 is 0 Å². The molecule has 4 heteroatoms. The molecular weight excluding hydrogens is 264 g/mol. The second kappa shape index (κ2) is 6.20. The Morgan fingerprint density at radius 1 is 1.24 bits per heavy atom. The van der Waals surface area contributed by atoms with E-state index in [9.17, 15) is 9.59 Å². The number of hydrogen-bond donors (Lipinski definition) is 0. The lowest BCUT2D eigenvalue weighted by Gasteiger charge is -2.40. The van der Waals surface area contributed by atoms with Crippen molar-refractivity contribution >= 4 is 17.9 Å². The van der Waals surface area contributed by atoms with Crippen LogP contribution in [-0.4, -0.2) is 29.5 Å². The molecule has 1 aliphatic heterocycles. The SMILES string of the molecule is CCC1(CC)C(=O)C(C)CN(/N=C\c2ccccc2)C1=O. The fourth-order valence-electron chi connectivity index (χ4n) is 2.93. The summed E-state index contributed by atoms with van der Waals surface area (Å²) in [6.45, 7) is 6.04. The first-order valence-corrected chi connectivity index (χ1v) is 7.50. The lowest BCUT2D eigenvalue weighted by molar-refractivity contribution is -0.158. The summed E-state index contributed by atoms with van der Waals surface area (Å²) in [4.78, 5) is 25.1. The van der Waals surface area contributed by atoms with Crippen LogP contribution in [0.1, 0.15) is 39.2 Å². The molecule has 0 bridgehead atoms. The fourth-order valence-corrected chi connectivity index (χ4v) is 2.93. The second-order valence-electron chi connectivity index (χ2n) is 5.60. The molecule has 0 N–H and O–H groups in total. The van der Waals surface area contributed by atoms with Gasteiger partial charge in [-0.05, 0) is 18.4 Å². The number of amides is 1. The van der Waals surface area contributed by atoms with E-state index in [1.165, 1.54) is 5.01 Å². The summed E-state index contributed by atoms with van der Waals surface area (Å²) in [5, 5.41) is 5.78. The highest BCUT2D eigenvalue weighted by Crippen LogP contribution is 2.37. The molecule has 1 fully saturated rings. The van der Waals surface area contributed by atoms with Crippen LogP contribution in [0.2, 0.25) is 0 Å². The predicted molar refractivity (Wildman–Crippen MR) is 82.9 cm³/mol. The molecule has 1 atom stereocenters. The number of Topliss-reactive ketones (excluding diaryl/α,β-unsaturated/α-hetero) is 1. The molecule has 0 saturated carbocycles. The number of nitrogens with zero attached hydrogens (tertiary/aromatic N) is 2. The van der Waals surface area contributed by atoms with Gasteiger partial charge in [0.25, 0.3) is 5.91 Å². The minimum atomic E-state index is -0.897. The van der Waals surface area contributed by atoms with Gasteiger partial charge in [-0.15, -0.1) is 0 Å². The van der Waals surface area contributed by atoms with Crippen molar-refractivity contribution in [1.29, 1.82) is 0 Å². The van der Waals surface area contributed by atoms with E-state index in [-0.39, 0.29) is 17.6 Å². The zero-order valence-corrected chi connectivity index (χ0v) is 12.9. The molecule has 1 aliphatic rings. The molecule has 0 spiro atoms. The molecule has 1 aromatic rings. The maximum absolute atomic E-state index is 12.7. The molecule has 4 nitrogen and oxygen atoms in total. The number of carbonyl (C=O) groups excluding carboxylic acids is 2. The van der Waals surface area contributed by atoms with E-state index in [0.29, 0.717) is 19.4 Å². The summed E-state index contributed by atoms with van der Waals surface area (Å²) in [6.07, 6.45) is 2.74. The minimum Gasteiger partial charge on any atom is -0.298 e. The van der Waals surface area contributed by atoms with Crippen LogP contribution in [0, 0.1) is 11.3 Å². The van der Waals surface area contributed by atoms with Gasteiger partial charge in [-0.1, -0.05) is 51.1 Å². The molecule has 1 aromatic carbocycles. The number of carbonyl (C=O) groups is 2. The molecule has 1 amide bonds. The van der Waals surface area contributed by atoms with Crippen molar-refractivity contribution in [2.24, 2.45) is 16.4 Å². The van der Waals surface area contributed by atoms with Crippen molar-refractivity contribution in [3.05, 3.63) is 35.9 Å². The first-order chi connectivity index (χ1) is 10.0. The van der Waals surface area contributed by atoms with Gasteiger partial charge < -0.3 is 0 Å². The fraction of sp³-hybridized carbons (Fsp3) is 0.471. The number of hydrogen-bond acceptors (Lipinski definition) is 3. The maximum atomic E-state index is 12.7. The molecule has 1 unspecified atom stereocenters. The maximum Gasteiger partial charge on any atom is 0.256 e. The molecule has 2 rings (SSSR count). The van der Waals surface area contributed by atoms with E-state index in [2.05, 4.69) is 5.10 Å². The first kappa shape index (κ1) is 15.4. The molecule has 21 heavy (non-hydrogen) atoms. The smallest absolute Gasteiger partial charge is 0.256 e. The average Bonchev–Trinajstić information content (AvgIpc) is 2.52. The Hall–Kier alpha value is -1.97. The molecule has 112 valence electrons. The Morgan fingerprint density at radius 3 is 2.43 bits per heavy atom. The molecule has 0 aromatic heterocycles. The van der Waals surface area contributed by atoms with Gasteiger partial charge in [-0.2, -0.15) is 5.10 Å². The van der Waals surface area contributed by atoms with Gasteiger partial charge in [0.2, 0.25) is 0 Å². The van der Waals surface area contributed by atoms with Crippen LogP contribution in [0.5, 0.6) is 0 Å². The highest BCUT2D eigenvalue weighted by atomic mass is 16.2. The summed E-state index contributed by atoms with van der Waals surface area (Å²) >= 11 is 0. The number of rotatable bonds is 4. The average molecular weight is 286 g/mol. The molecule has 0 aliphatic carbocycles. The standard InChI is InChI=1S/C17H22N2O2/c1-4-17(5-2)15(20)13(3)12-19(16(17)21)18-11-14-9-7-6-8-10-14/h6-11,13H,4-5,12H2,1-3H3/b18-11-. The topological polar surface area (TPSA) is 49.7 Å².